The Kier molecular flexibility index (Phi) is 7.38. The zero-order chi connectivity index (χ0) is 26.7. The summed E-state index contributed by atoms with van der Waals surface area (Å²) in [5.74, 6) is 0.133. The fourth-order valence-corrected chi connectivity index (χ4v) is 7.06. The number of rotatable bonds is 8. The van der Waals surface area contributed by atoms with E-state index in [0.29, 0.717) is 18.2 Å². The first-order valence-electron chi connectivity index (χ1n) is 13.8. The topological polar surface area (TPSA) is 64.0 Å². The first-order chi connectivity index (χ1) is 19.1. The molecule has 1 spiro atoms. The van der Waals surface area contributed by atoms with E-state index in [2.05, 4.69) is 35.6 Å². The lowest BCUT2D eigenvalue weighted by molar-refractivity contribution is -0.118. The molecule has 0 saturated heterocycles. The number of nitrogens with one attached hydrogen (secondary N) is 1. The Morgan fingerprint density at radius 3 is 2.31 bits per heavy atom. The van der Waals surface area contributed by atoms with Gasteiger partial charge in [-0.3, -0.25) is 14.2 Å². The first kappa shape index (κ1) is 25.6. The highest BCUT2D eigenvalue weighted by Gasteiger charge is 2.44. The van der Waals surface area contributed by atoms with E-state index in [0.717, 1.165) is 60.9 Å². The standard InChI is InChI=1S/C33H33N3O2S/c37-28(34-22-25-13-5-2-6-14-25)23-39-32-35-30-27-16-8-7-15-26(27)21-33(18-9-10-19-33)29(30)31(38)36(32)20-17-24-11-3-1-4-12-24/h1-8,11-16H,9-10,17-23H2,(H,34,37). The lowest BCUT2D eigenvalue weighted by Crippen LogP contribution is -2.40. The second kappa shape index (κ2) is 11.2. The van der Waals surface area contributed by atoms with Crippen molar-refractivity contribution in [1.29, 1.82) is 0 Å². The van der Waals surface area contributed by atoms with Crippen LogP contribution in [0.2, 0.25) is 0 Å². The summed E-state index contributed by atoms with van der Waals surface area (Å²) in [6.07, 6.45) is 5.97. The first-order valence-corrected chi connectivity index (χ1v) is 14.8. The number of hydrogen-bond acceptors (Lipinski definition) is 4. The fourth-order valence-electron chi connectivity index (χ4n) is 6.22. The van der Waals surface area contributed by atoms with Crippen LogP contribution in [-0.2, 0) is 36.1 Å². The van der Waals surface area contributed by atoms with Gasteiger partial charge < -0.3 is 5.32 Å². The van der Waals surface area contributed by atoms with Crippen molar-refractivity contribution in [3.63, 3.8) is 0 Å². The van der Waals surface area contributed by atoms with Crippen molar-refractivity contribution in [3.8, 4) is 11.3 Å². The Morgan fingerprint density at radius 2 is 1.56 bits per heavy atom. The van der Waals surface area contributed by atoms with Crippen molar-refractivity contribution in [3.05, 3.63) is 118 Å². The molecule has 6 rings (SSSR count). The highest BCUT2D eigenvalue weighted by atomic mass is 32.2. The van der Waals surface area contributed by atoms with Gasteiger partial charge in [0.25, 0.3) is 5.56 Å². The van der Waals surface area contributed by atoms with Crippen molar-refractivity contribution >= 4 is 17.7 Å². The maximum Gasteiger partial charge on any atom is 0.258 e. The molecule has 0 unspecified atom stereocenters. The number of benzene rings is 3. The van der Waals surface area contributed by atoms with Gasteiger partial charge in [0.1, 0.15) is 0 Å². The molecule has 1 amide bonds. The highest BCUT2D eigenvalue weighted by molar-refractivity contribution is 7.99. The van der Waals surface area contributed by atoms with Gasteiger partial charge in [0.2, 0.25) is 5.91 Å². The summed E-state index contributed by atoms with van der Waals surface area (Å²) in [7, 11) is 0. The zero-order valence-corrected chi connectivity index (χ0v) is 22.9. The van der Waals surface area contributed by atoms with Gasteiger partial charge in [0.15, 0.2) is 5.16 Å². The molecule has 1 aromatic heterocycles. The molecule has 2 aliphatic carbocycles. The van der Waals surface area contributed by atoms with Gasteiger partial charge in [-0.25, -0.2) is 4.98 Å². The van der Waals surface area contributed by atoms with E-state index < -0.39 is 0 Å². The summed E-state index contributed by atoms with van der Waals surface area (Å²) in [4.78, 5) is 32.4. The average molecular weight is 536 g/mol. The Balaban J connectivity index is 1.35. The minimum Gasteiger partial charge on any atom is -0.351 e. The Morgan fingerprint density at radius 1 is 0.897 bits per heavy atom. The molecule has 0 radical (unpaired) electrons. The summed E-state index contributed by atoms with van der Waals surface area (Å²) in [6.45, 7) is 1.02. The Bertz CT molecular complexity index is 1530. The van der Waals surface area contributed by atoms with Crippen LogP contribution in [0.25, 0.3) is 11.3 Å². The van der Waals surface area contributed by atoms with Crippen molar-refractivity contribution < 1.29 is 4.79 Å². The number of carbonyl (C=O) groups excluding carboxylic acids is 1. The summed E-state index contributed by atoms with van der Waals surface area (Å²) in [6, 6.07) is 28.5. The fraction of sp³-hybridized carbons (Fsp3) is 0.303. The number of aromatic nitrogens is 2. The predicted octanol–water partition coefficient (Wildman–Crippen LogP) is 5.93. The van der Waals surface area contributed by atoms with Crippen LogP contribution < -0.4 is 10.9 Å². The molecule has 0 bridgehead atoms. The number of fused-ring (bicyclic) bond motifs is 4. The third kappa shape index (κ3) is 5.30. The molecule has 0 aliphatic heterocycles. The number of amides is 1. The summed E-state index contributed by atoms with van der Waals surface area (Å²) in [5.41, 5.74) is 6.22. The smallest absolute Gasteiger partial charge is 0.258 e. The van der Waals surface area contributed by atoms with E-state index in [9.17, 15) is 9.59 Å². The third-order valence-corrected chi connectivity index (χ3v) is 9.13. The van der Waals surface area contributed by atoms with Crippen LogP contribution in [0.4, 0.5) is 0 Å². The van der Waals surface area contributed by atoms with Crippen LogP contribution in [0, 0.1) is 0 Å². The van der Waals surface area contributed by atoms with E-state index in [1.165, 1.54) is 22.9 Å². The number of aryl methyl sites for hydroxylation is 1. The molecule has 2 aliphatic rings. The van der Waals surface area contributed by atoms with Crippen LogP contribution in [0.3, 0.4) is 0 Å². The average Bonchev–Trinajstić information content (AvgIpc) is 3.43. The van der Waals surface area contributed by atoms with Crippen LogP contribution in [0.15, 0.2) is 94.9 Å². The minimum absolute atomic E-state index is 0.0690. The predicted molar refractivity (Wildman–Crippen MR) is 157 cm³/mol. The number of nitrogens with zero attached hydrogens (tertiary/aromatic N) is 2. The maximum absolute atomic E-state index is 14.4. The van der Waals surface area contributed by atoms with Gasteiger partial charge in [0.05, 0.1) is 17.0 Å². The van der Waals surface area contributed by atoms with E-state index in [-0.39, 0.29) is 22.6 Å². The van der Waals surface area contributed by atoms with E-state index >= 15 is 0 Å². The largest absolute Gasteiger partial charge is 0.351 e. The van der Waals surface area contributed by atoms with Gasteiger partial charge in [-0.05, 0) is 42.4 Å². The maximum atomic E-state index is 14.4. The molecular formula is C33H33N3O2S. The van der Waals surface area contributed by atoms with E-state index in [1.807, 2.05) is 59.2 Å². The van der Waals surface area contributed by atoms with Gasteiger partial charge in [-0.2, -0.15) is 0 Å². The molecule has 1 fully saturated rings. The van der Waals surface area contributed by atoms with Crippen LogP contribution in [-0.4, -0.2) is 21.2 Å². The van der Waals surface area contributed by atoms with Crippen molar-refractivity contribution in [2.24, 2.45) is 0 Å². The van der Waals surface area contributed by atoms with Crippen LogP contribution in [0.5, 0.6) is 0 Å². The normalized spacial score (nSPS) is 15.1. The zero-order valence-electron chi connectivity index (χ0n) is 22.1. The van der Waals surface area contributed by atoms with Gasteiger partial charge in [-0.15, -0.1) is 0 Å². The lowest BCUT2D eigenvalue weighted by Gasteiger charge is -2.36. The molecule has 5 nitrogen and oxygen atoms in total. The van der Waals surface area contributed by atoms with Gasteiger partial charge in [-0.1, -0.05) is 110 Å². The molecule has 4 aromatic rings. The number of hydrogen-bond donors (Lipinski definition) is 1. The molecule has 198 valence electrons. The molecule has 3 aromatic carbocycles. The van der Waals surface area contributed by atoms with Crippen molar-refractivity contribution in [1.82, 2.24) is 14.9 Å². The molecule has 0 atom stereocenters. The number of thioether (sulfide) groups is 1. The van der Waals surface area contributed by atoms with Crippen molar-refractivity contribution in [2.45, 2.75) is 62.2 Å². The van der Waals surface area contributed by atoms with Gasteiger partial charge in [0, 0.05) is 24.1 Å². The second-order valence-electron chi connectivity index (χ2n) is 10.7. The summed E-state index contributed by atoms with van der Waals surface area (Å²) < 4.78 is 1.84. The Hall–Kier alpha value is -3.64. The van der Waals surface area contributed by atoms with Gasteiger partial charge >= 0.3 is 0 Å². The quantitative estimate of drug-likeness (QED) is 0.224. The summed E-state index contributed by atoms with van der Waals surface area (Å²) in [5, 5.41) is 3.62. The molecule has 6 heteroatoms. The second-order valence-corrected chi connectivity index (χ2v) is 11.6. The Labute approximate surface area is 233 Å². The SMILES string of the molecule is O=C(CSc1nc2c(c(=O)n1CCc1ccccc1)C1(CCCC1)Cc1ccccc1-2)NCc1ccccc1. The third-order valence-electron chi connectivity index (χ3n) is 8.16. The van der Waals surface area contributed by atoms with Crippen molar-refractivity contribution in [2.75, 3.05) is 5.75 Å². The molecule has 1 heterocycles. The summed E-state index contributed by atoms with van der Waals surface area (Å²) >= 11 is 1.36. The molecule has 1 saturated carbocycles. The van der Waals surface area contributed by atoms with Crippen LogP contribution in [0.1, 0.15) is 47.9 Å². The lowest BCUT2D eigenvalue weighted by atomic mass is 9.68. The monoisotopic (exact) mass is 535 g/mol. The van der Waals surface area contributed by atoms with E-state index in [1.54, 1.807) is 0 Å². The molecular weight excluding hydrogens is 502 g/mol. The highest BCUT2D eigenvalue weighted by Crippen LogP contribution is 2.49. The minimum atomic E-state index is -0.140. The molecule has 39 heavy (non-hydrogen) atoms. The van der Waals surface area contributed by atoms with E-state index in [4.69, 9.17) is 4.98 Å². The number of carbonyl (C=O) groups is 1. The van der Waals surface area contributed by atoms with Crippen LogP contribution >= 0.6 is 11.8 Å². The molecule has 1 N–H and O–H groups in total.